The number of amides is 3. The summed E-state index contributed by atoms with van der Waals surface area (Å²) in [5.74, 6) is -0.980. The molecule has 3 rings (SSSR count). The zero-order chi connectivity index (χ0) is 24.8. The van der Waals surface area contributed by atoms with Crippen LogP contribution in [0.25, 0.3) is 0 Å². The first-order valence-electron chi connectivity index (χ1n) is 11.1. The second-order valence-corrected chi connectivity index (χ2v) is 9.43. The fourth-order valence-electron chi connectivity index (χ4n) is 4.28. The maximum absolute atomic E-state index is 13.5. The van der Waals surface area contributed by atoms with Gasteiger partial charge in [0.05, 0.1) is 12.0 Å². The zero-order valence-electron chi connectivity index (χ0n) is 20.1. The van der Waals surface area contributed by atoms with Gasteiger partial charge in [-0.05, 0) is 52.0 Å². The molecule has 1 aromatic carbocycles. The maximum atomic E-state index is 13.5. The number of benzene rings is 1. The van der Waals surface area contributed by atoms with E-state index in [4.69, 9.17) is 9.47 Å². The molecule has 2 saturated heterocycles. The molecule has 0 aliphatic carbocycles. The van der Waals surface area contributed by atoms with Gasteiger partial charge >= 0.3 is 26.1 Å². The molecule has 2 heterocycles. The van der Waals surface area contributed by atoms with Crippen LogP contribution < -0.4 is 0 Å². The van der Waals surface area contributed by atoms with Crippen LogP contribution in [0.2, 0.25) is 0 Å². The first kappa shape index (κ1) is 26.4. The third-order valence-electron chi connectivity index (χ3n) is 5.66. The number of carbonyl (C=O) groups is 3. The number of ether oxygens (including phenoxy) is 2. The van der Waals surface area contributed by atoms with E-state index in [1.807, 2.05) is 51.1 Å². The van der Waals surface area contributed by atoms with Gasteiger partial charge in [0.1, 0.15) is 12.2 Å². The summed E-state index contributed by atoms with van der Waals surface area (Å²) in [6.45, 7) is 15.1. The molecule has 1 radical (unpaired) electrons. The molecule has 2 fully saturated rings. The van der Waals surface area contributed by atoms with Crippen LogP contribution in [0.1, 0.15) is 39.7 Å². The Labute approximate surface area is 197 Å². The summed E-state index contributed by atoms with van der Waals surface area (Å²) in [6.07, 6.45) is 0.189. The van der Waals surface area contributed by atoms with Gasteiger partial charge < -0.3 is 14.4 Å². The number of hydrogen-bond donors (Lipinski definition) is 0. The molecule has 1 aromatic rings. The molecular weight excluding hydrogens is 419 g/mol. The summed E-state index contributed by atoms with van der Waals surface area (Å²) in [7, 11) is 4.25. The number of imide groups is 1. The van der Waals surface area contributed by atoms with Gasteiger partial charge in [0, 0.05) is 13.1 Å². The Bertz CT molecular complexity index is 867. The van der Waals surface area contributed by atoms with Gasteiger partial charge in [-0.1, -0.05) is 42.5 Å². The summed E-state index contributed by atoms with van der Waals surface area (Å²) in [5.41, 5.74) is 1.13. The summed E-state index contributed by atoms with van der Waals surface area (Å²) >= 11 is 0. The Kier molecular flexibility index (Phi) is 9.03. The molecule has 0 N–H and O–H groups in total. The van der Waals surface area contributed by atoms with Crippen LogP contribution in [-0.2, 0) is 20.7 Å². The average Bonchev–Trinajstić information content (AvgIpc) is 3.36. The molecule has 2 aliphatic rings. The van der Waals surface area contributed by atoms with Crippen LogP contribution in [0.4, 0.5) is 9.59 Å². The van der Waals surface area contributed by atoms with Crippen LogP contribution >= 0.6 is 0 Å². The van der Waals surface area contributed by atoms with Gasteiger partial charge in [-0.3, -0.25) is 4.79 Å². The van der Waals surface area contributed by atoms with Crippen molar-refractivity contribution in [2.24, 2.45) is 11.8 Å². The molecule has 0 aromatic heterocycles. The molecule has 2 aliphatic heterocycles. The Hall–Kier alpha value is -2.90. The number of nitrogens with zero attached hydrogens (tertiary/aromatic N) is 2. The predicted octanol–water partition coefficient (Wildman–Crippen LogP) is 3.61. The zero-order valence-corrected chi connectivity index (χ0v) is 20.1. The van der Waals surface area contributed by atoms with E-state index in [1.165, 1.54) is 4.90 Å². The van der Waals surface area contributed by atoms with Gasteiger partial charge in [0.2, 0.25) is 5.91 Å². The third-order valence-corrected chi connectivity index (χ3v) is 5.66. The Morgan fingerprint density at radius 1 is 1.24 bits per heavy atom. The molecule has 3 atom stereocenters. The van der Waals surface area contributed by atoms with Gasteiger partial charge in [0.15, 0.2) is 0 Å². The van der Waals surface area contributed by atoms with E-state index in [-0.39, 0.29) is 30.6 Å². The van der Waals surface area contributed by atoms with E-state index in [2.05, 4.69) is 20.5 Å². The topological polar surface area (TPSA) is 76.2 Å². The van der Waals surface area contributed by atoms with Gasteiger partial charge in [-0.25, -0.2) is 14.5 Å². The summed E-state index contributed by atoms with van der Waals surface area (Å²) in [6, 6.07) is 9.37. The van der Waals surface area contributed by atoms with Crippen LogP contribution in [0.15, 0.2) is 42.5 Å². The first-order chi connectivity index (χ1) is 15.6. The molecule has 7 nitrogen and oxygen atoms in total. The van der Waals surface area contributed by atoms with Crippen molar-refractivity contribution in [1.29, 1.82) is 0 Å². The number of rotatable bonds is 5. The third kappa shape index (κ3) is 6.79. The van der Waals surface area contributed by atoms with Crippen LogP contribution in [-0.4, -0.2) is 73.2 Å². The summed E-state index contributed by atoms with van der Waals surface area (Å²) in [4.78, 5) is 41.3. The predicted molar refractivity (Wildman–Crippen MR) is 129 cm³/mol. The molecule has 177 valence electrons. The normalized spacial score (nSPS) is 21.0. The summed E-state index contributed by atoms with van der Waals surface area (Å²) < 4.78 is 10.7. The minimum atomic E-state index is -0.612. The summed E-state index contributed by atoms with van der Waals surface area (Å²) in [5, 5.41) is 0. The van der Waals surface area contributed by atoms with Crippen LogP contribution in [0.3, 0.4) is 0 Å². The standard InChI is InChI=1S/C24H32N2O5.CH2B/c1-16(2)20(18-11-12-25(14-18)22(28)31-24(3,4)5)21(27)26-19(15-30-23(26)29)13-17-9-7-6-8-10-17;1-2/h6-10,18-20H,1,11-15H2,2-5H3;1H2. The molecule has 8 heteroatoms. The van der Waals surface area contributed by atoms with Gasteiger partial charge in [0.25, 0.3) is 0 Å². The number of carbonyl (C=O) groups excluding carboxylic acids is 3. The molecule has 3 amide bonds. The second-order valence-electron chi connectivity index (χ2n) is 9.43. The van der Waals surface area contributed by atoms with Crippen molar-refractivity contribution < 1.29 is 23.9 Å². The number of likely N-dealkylation sites (tertiary alicyclic amines) is 1. The van der Waals surface area contributed by atoms with Crippen molar-refractivity contribution in [3.05, 3.63) is 48.0 Å². The molecular formula is C25H34BN2O5. The van der Waals surface area contributed by atoms with Crippen LogP contribution in [0, 0.1) is 11.8 Å². The first-order valence-corrected chi connectivity index (χ1v) is 11.1. The van der Waals surface area contributed by atoms with Crippen molar-refractivity contribution in [2.45, 2.75) is 52.2 Å². The molecule has 0 bridgehead atoms. The van der Waals surface area contributed by atoms with E-state index in [0.717, 1.165) is 5.56 Å². The molecule has 3 unspecified atom stereocenters. The SMILES string of the molecule is C=C(C)C(C(=O)N1C(=O)OCC1Cc1ccccc1)C1CCN(C(=O)OC(C)(C)C)C1.[B]=C. The van der Waals surface area contributed by atoms with E-state index >= 15 is 0 Å². The molecule has 0 spiro atoms. The quantitative estimate of drug-likeness (QED) is 0.503. The Balaban J connectivity index is 0.00000187. The van der Waals surface area contributed by atoms with Gasteiger partial charge in [-0.15, -0.1) is 0 Å². The average molecular weight is 453 g/mol. The van der Waals surface area contributed by atoms with E-state index in [9.17, 15) is 14.4 Å². The van der Waals surface area contributed by atoms with E-state index in [0.29, 0.717) is 31.5 Å². The van der Waals surface area contributed by atoms with Gasteiger partial charge in [-0.2, -0.15) is 0 Å². The number of hydrogen-bond acceptors (Lipinski definition) is 5. The van der Waals surface area contributed by atoms with Crippen molar-refractivity contribution in [3.8, 4) is 0 Å². The second kappa shape index (κ2) is 11.3. The molecule has 33 heavy (non-hydrogen) atoms. The Morgan fingerprint density at radius 2 is 1.88 bits per heavy atom. The fourth-order valence-corrected chi connectivity index (χ4v) is 4.28. The van der Waals surface area contributed by atoms with E-state index in [1.54, 1.807) is 11.8 Å². The van der Waals surface area contributed by atoms with Crippen molar-refractivity contribution in [3.63, 3.8) is 0 Å². The van der Waals surface area contributed by atoms with Crippen molar-refractivity contribution >= 4 is 32.1 Å². The van der Waals surface area contributed by atoms with Crippen LogP contribution in [0.5, 0.6) is 0 Å². The van der Waals surface area contributed by atoms with Crippen molar-refractivity contribution in [2.75, 3.05) is 19.7 Å². The Morgan fingerprint density at radius 3 is 2.45 bits per heavy atom. The monoisotopic (exact) mass is 453 g/mol. The fraction of sp³-hybridized carbons (Fsp3) is 0.520. The van der Waals surface area contributed by atoms with Crippen molar-refractivity contribution in [1.82, 2.24) is 9.80 Å². The number of cyclic esters (lactones) is 1. The van der Waals surface area contributed by atoms with E-state index < -0.39 is 17.6 Å². The minimum absolute atomic E-state index is 0.122. The molecule has 0 saturated carbocycles.